The SMILES string of the molecule is CCCCCCCCCCCCCCC1N(C)C=CN1CCCCCCCCCCCCCC. The Morgan fingerprint density at radius 2 is 0.794 bits per heavy atom. The van der Waals surface area contributed by atoms with Crippen LogP contribution in [0.15, 0.2) is 12.4 Å². The first-order chi connectivity index (χ1) is 16.8. The standard InChI is InChI=1S/C32H64N2/c1-4-6-8-10-12-14-16-18-20-22-24-26-28-32-33(3)30-31-34(32)29-27-25-23-21-19-17-15-13-11-9-7-5-2/h30-32H,4-29H2,1-3H3. The fourth-order valence-electron chi connectivity index (χ4n) is 5.52. The molecule has 0 bridgehead atoms. The quantitative estimate of drug-likeness (QED) is 0.114. The first-order valence-corrected chi connectivity index (χ1v) is 16.0. The first kappa shape index (κ1) is 31.4. The molecule has 0 aliphatic carbocycles. The molecule has 1 heterocycles. The van der Waals surface area contributed by atoms with Crippen molar-refractivity contribution in [2.24, 2.45) is 0 Å². The molecular formula is C32H64N2. The van der Waals surface area contributed by atoms with Crippen molar-refractivity contribution in [1.29, 1.82) is 0 Å². The monoisotopic (exact) mass is 477 g/mol. The van der Waals surface area contributed by atoms with E-state index in [-0.39, 0.29) is 0 Å². The minimum atomic E-state index is 0.621. The number of nitrogens with zero attached hydrogens (tertiary/aromatic N) is 2. The van der Waals surface area contributed by atoms with Crippen molar-refractivity contribution >= 4 is 0 Å². The second-order valence-electron chi connectivity index (χ2n) is 11.2. The van der Waals surface area contributed by atoms with Gasteiger partial charge in [0.05, 0.1) is 0 Å². The van der Waals surface area contributed by atoms with Gasteiger partial charge >= 0.3 is 0 Å². The average Bonchev–Trinajstić information content (AvgIpc) is 3.19. The van der Waals surface area contributed by atoms with Gasteiger partial charge in [0.2, 0.25) is 0 Å². The smallest absolute Gasteiger partial charge is 0.100 e. The summed E-state index contributed by atoms with van der Waals surface area (Å²) in [7, 11) is 2.27. The van der Waals surface area contributed by atoms with E-state index in [4.69, 9.17) is 0 Å². The summed E-state index contributed by atoms with van der Waals surface area (Å²) in [5, 5.41) is 0. The van der Waals surface area contributed by atoms with Gasteiger partial charge in [-0.05, 0) is 19.3 Å². The lowest BCUT2D eigenvalue weighted by Crippen LogP contribution is -2.37. The molecule has 34 heavy (non-hydrogen) atoms. The van der Waals surface area contributed by atoms with E-state index in [0.717, 1.165) is 0 Å². The Labute approximate surface area is 216 Å². The van der Waals surface area contributed by atoms with Gasteiger partial charge in [-0.2, -0.15) is 0 Å². The summed E-state index contributed by atoms with van der Waals surface area (Å²) in [6.07, 6.45) is 41.1. The van der Waals surface area contributed by atoms with E-state index < -0.39 is 0 Å². The van der Waals surface area contributed by atoms with E-state index in [2.05, 4.69) is 43.1 Å². The maximum absolute atomic E-state index is 2.62. The minimum Gasteiger partial charge on any atom is -0.359 e. The zero-order valence-corrected chi connectivity index (χ0v) is 24.0. The maximum atomic E-state index is 2.62. The molecule has 0 amide bonds. The predicted molar refractivity (Wildman–Crippen MR) is 154 cm³/mol. The molecule has 0 N–H and O–H groups in total. The summed E-state index contributed by atoms with van der Waals surface area (Å²) >= 11 is 0. The number of hydrogen-bond acceptors (Lipinski definition) is 2. The molecule has 0 aromatic heterocycles. The van der Waals surface area contributed by atoms with Crippen LogP contribution in [0.1, 0.15) is 174 Å². The fraction of sp³-hybridized carbons (Fsp3) is 0.938. The number of hydrogen-bond donors (Lipinski definition) is 0. The van der Waals surface area contributed by atoms with E-state index in [0.29, 0.717) is 6.17 Å². The van der Waals surface area contributed by atoms with Crippen LogP contribution >= 0.6 is 0 Å². The maximum Gasteiger partial charge on any atom is 0.100 e. The lowest BCUT2D eigenvalue weighted by atomic mass is 10.0. The van der Waals surface area contributed by atoms with Crippen molar-refractivity contribution in [2.45, 2.75) is 181 Å². The molecular weight excluding hydrogens is 412 g/mol. The van der Waals surface area contributed by atoms with Crippen LogP contribution in [0.2, 0.25) is 0 Å². The van der Waals surface area contributed by atoms with Gasteiger partial charge in [0.1, 0.15) is 6.17 Å². The van der Waals surface area contributed by atoms with Crippen LogP contribution in [-0.4, -0.2) is 29.6 Å². The van der Waals surface area contributed by atoms with Gasteiger partial charge in [-0.3, -0.25) is 0 Å². The zero-order valence-electron chi connectivity index (χ0n) is 24.0. The molecule has 0 fully saturated rings. The van der Waals surface area contributed by atoms with Gasteiger partial charge in [-0.25, -0.2) is 0 Å². The summed E-state index contributed by atoms with van der Waals surface area (Å²) in [5.74, 6) is 0. The molecule has 0 aromatic rings. The Hall–Kier alpha value is -0.660. The Balaban J connectivity index is 1.91. The molecule has 0 saturated carbocycles. The Bertz CT molecular complexity index is 433. The highest BCUT2D eigenvalue weighted by atomic mass is 15.4. The topological polar surface area (TPSA) is 6.48 Å². The Morgan fingerprint density at radius 3 is 1.21 bits per heavy atom. The van der Waals surface area contributed by atoms with Gasteiger partial charge < -0.3 is 9.80 Å². The number of rotatable bonds is 26. The second-order valence-corrected chi connectivity index (χ2v) is 11.2. The summed E-state index contributed by atoms with van der Waals surface area (Å²) in [6.45, 7) is 5.86. The lowest BCUT2D eigenvalue weighted by Gasteiger charge is -2.30. The van der Waals surface area contributed by atoms with Crippen LogP contribution in [-0.2, 0) is 0 Å². The molecule has 1 aliphatic heterocycles. The third-order valence-corrected chi connectivity index (χ3v) is 7.93. The van der Waals surface area contributed by atoms with E-state index >= 15 is 0 Å². The summed E-state index contributed by atoms with van der Waals surface area (Å²) in [4.78, 5) is 5.06. The molecule has 1 unspecified atom stereocenters. The van der Waals surface area contributed by atoms with Crippen LogP contribution < -0.4 is 0 Å². The summed E-state index contributed by atoms with van der Waals surface area (Å²) < 4.78 is 0. The second kappa shape index (κ2) is 24.1. The van der Waals surface area contributed by atoms with Gasteiger partial charge in [-0.15, -0.1) is 0 Å². The van der Waals surface area contributed by atoms with Crippen LogP contribution in [0.3, 0.4) is 0 Å². The van der Waals surface area contributed by atoms with Crippen LogP contribution in [0.4, 0.5) is 0 Å². The van der Waals surface area contributed by atoms with Crippen molar-refractivity contribution in [3.05, 3.63) is 12.4 Å². The summed E-state index contributed by atoms with van der Waals surface area (Å²) in [6, 6.07) is 0. The highest BCUT2D eigenvalue weighted by molar-refractivity contribution is 4.95. The van der Waals surface area contributed by atoms with E-state index in [9.17, 15) is 0 Å². The van der Waals surface area contributed by atoms with Crippen molar-refractivity contribution in [3.8, 4) is 0 Å². The molecule has 0 spiro atoms. The normalized spacial score (nSPS) is 15.7. The minimum absolute atomic E-state index is 0.621. The molecule has 2 heteroatoms. The van der Waals surface area contributed by atoms with E-state index in [1.54, 1.807) is 0 Å². The van der Waals surface area contributed by atoms with Gasteiger partial charge in [0.15, 0.2) is 0 Å². The van der Waals surface area contributed by atoms with Crippen molar-refractivity contribution in [3.63, 3.8) is 0 Å². The van der Waals surface area contributed by atoms with Crippen LogP contribution in [0.25, 0.3) is 0 Å². The van der Waals surface area contributed by atoms with Crippen molar-refractivity contribution in [2.75, 3.05) is 13.6 Å². The average molecular weight is 477 g/mol. The van der Waals surface area contributed by atoms with Gasteiger partial charge in [0.25, 0.3) is 0 Å². The molecule has 1 rings (SSSR count). The molecule has 0 aromatic carbocycles. The van der Waals surface area contributed by atoms with E-state index in [1.165, 1.54) is 167 Å². The molecule has 0 radical (unpaired) electrons. The van der Waals surface area contributed by atoms with E-state index in [1.807, 2.05) is 0 Å². The van der Waals surface area contributed by atoms with Gasteiger partial charge in [0, 0.05) is 26.0 Å². The Kier molecular flexibility index (Phi) is 22.2. The molecule has 1 aliphatic rings. The lowest BCUT2D eigenvalue weighted by molar-refractivity contribution is 0.159. The van der Waals surface area contributed by atoms with Crippen LogP contribution in [0, 0.1) is 0 Å². The molecule has 1 atom stereocenters. The Morgan fingerprint density at radius 1 is 0.441 bits per heavy atom. The fourth-order valence-corrected chi connectivity index (χ4v) is 5.52. The largest absolute Gasteiger partial charge is 0.359 e. The van der Waals surface area contributed by atoms with Crippen molar-refractivity contribution in [1.82, 2.24) is 9.80 Å². The number of unbranched alkanes of at least 4 members (excludes halogenated alkanes) is 22. The third-order valence-electron chi connectivity index (χ3n) is 7.93. The zero-order chi connectivity index (χ0) is 24.5. The van der Waals surface area contributed by atoms with Crippen molar-refractivity contribution < 1.29 is 0 Å². The molecule has 0 saturated heterocycles. The van der Waals surface area contributed by atoms with Gasteiger partial charge in [-0.1, -0.05) is 155 Å². The third kappa shape index (κ3) is 17.7. The highest BCUT2D eigenvalue weighted by Gasteiger charge is 2.22. The first-order valence-electron chi connectivity index (χ1n) is 16.0. The highest BCUT2D eigenvalue weighted by Crippen LogP contribution is 2.22. The molecule has 202 valence electrons. The summed E-state index contributed by atoms with van der Waals surface area (Å²) in [5.41, 5.74) is 0. The molecule has 2 nitrogen and oxygen atoms in total. The predicted octanol–water partition coefficient (Wildman–Crippen LogP) is 10.8. The van der Waals surface area contributed by atoms with Crippen LogP contribution in [0.5, 0.6) is 0 Å².